The molecule has 0 aromatic carbocycles. The Kier molecular flexibility index (Phi) is 5.29. The van der Waals surface area contributed by atoms with Crippen molar-refractivity contribution >= 4 is 16.7 Å². The van der Waals surface area contributed by atoms with E-state index < -0.39 is 51.7 Å². The summed E-state index contributed by atoms with van der Waals surface area (Å²) in [5.74, 6) is -4.53. The van der Waals surface area contributed by atoms with E-state index in [1.165, 1.54) is 0 Å². The molecule has 0 spiro atoms. The highest BCUT2D eigenvalue weighted by molar-refractivity contribution is 7.73. The zero-order chi connectivity index (χ0) is 20.1. The first-order chi connectivity index (χ1) is 12.4. The van der Waals surface area contributed by atoms with Crippen LogP contribution in [0.3, 0.4) is 0 Å². The Labute approximate surface area is 156 Å². The number of thiol groups is 1. The smallest absolute Gasteiger partial charge is 0.404 e. The topological polar surface area (TPSA) is 80.7 Å². The van der Waals surface area contributed by atoms with Crippen molar-refractivity contribution in [3.63, 3.8) is 0 Å². The number of alkyl halides is 4. The highest BCUT2D eigenvalue weighted by atomic mass is 32.2. The van der Waals surface area contributed by atoms with Gasteiger partial charge in [0.1, 0.15) is 0 Å². The number of rotatable bonds is 8. The van der Waals surface area contributed by atoms with E-state index >= 15 is 0 Å². The van der Waals surface area contributed by atoms with Crippen LogP contribution in [-0.2, 0) is 20.2 Å². The molecule has 4 aliphatic carbocycles. The molecule has 0 heterocycles. The minimum absolute atomic E-state index is 0.0692. The van der Waals surface area contributed by atoms with E-state index in [0.717, 1.165) is 6.42 Å². The lowest BCUT2D eigenvalue weighted by Crippen LogP contribution is -2.58. The Morgan fingerprint density at radius 3 is 2.19 bits per heavy atom. The number of aliphatic hydroxyl groups is 1. The van der Waals surface area contributed by atoms with Crippen molar-refractivity contribution in [1.82, 2.24) is 0 Å². The van der Waals surface area contributed by atoms with Gasteiger partial charge >= 0.3 is 17.1 Å². The van der Waals surface area contributed by atoms with Gasteiger partial charge in [-0.3, -0.25) is 4.79 Å². The molecule has 2 unspecified atom stereocenters. The molecule has 27 heavy (non-hydrogen) atoms. The van der Waals surface area contributed by atoms with Crippen LogP contribution in [0.2, 0.25) is 0 Å². The van der Waals surface area contributed by atoms with Gasteiger partial charge in [-0.25, -0.2) is 8.42 Å². The van der Waals surface area contributed by atoms with Crippen LogP contribution >= 0.6 is 0 Å². The van der Waals surface area contributed by atoms with E-state index in [-0.39, 0.29) is 13.0 Å². The molecule has 4 saturated carbocycles. The van der Waals surface area contributed by atoms with E-state index in [4.69, 9.17) is 4.74 Å². The van der Waals surface area contributed by atoms with Gasteiger partial charge in [0, 0.05) is 6.42 Å². The van der Waals surface area contributed by atoms with Crippen LogP contribution in [-0.4, -0.2) is 42.9 Å². The fourth-order valence-corrected chi connectivity index (χ4v) is 5.88. The third-order valence-electron chi connectivity index (χ3n) is 6.25. The number of hydrogen-bond donors (Lipinski definition) is 2. The monoisotopic (exact) mass is 416 g/mol. The molecule has 0 aliphatic heterocycles. The first kappa shape index (κ1) is 20.8. The molecule has 4 aliphatic rings. The number of hydrogen-bond acceptors (Lipinski definition) is 5. The minimum atomic E-state index is -5.09. The highest BCUT2D eigenvalue weighted by Crippen LogP contribution is 2.62. The van der Waals surface area contributed by atoms with E-state index in [9.17, 15) is 35.9 Å². The van der Waals surface area contributed by atoms with Gasteiger partial charge in [-0.1, -0.05) is 0 Å². The van der Waals surface area contributed by atoms with Crippen LogP contribution in [0.4, 0.5) is 17.6 Å². The number of esters is 1. The van der Waals surface area contributed by atoms with Gasteiger partial charge in [-0.15, -0.1) is 0 Å². The average Bonchev–Trinajstić information content (AvgIpc) is 2.51. The summed E-state index contributed by atoms with van der Waals surface area (Å²) >= 11 is 0. The third-order valence-corrected chi connectivity index (χ3v) is 7.04. The second-order valence-electron chi connectivity index (χ2n) is 8.56. The normalized spacial score (nSPS) is 35.6. The molecule has 4 rings (SSSR count). The molecule has 0 amide bonds. The molecule has 10 heteroatoms. The zero-order valence-corrected chi connectivity index (χ0v) is 15.7. The van der Waals surface area contributed by atoms with Crippen LogP contribution in [0.15, 0.2) is 0 Å². The lowest BCUT2D eigenvalue weighted by atomic mass is 9.48. The first-order valence-electron chi connectivity index (χ1n) is 9.19. The van der Waals surface area contributed by atoms with Crippen LogP contribution in [0.25, 0.3) is 0 Å². The second-order valence-corrected chi connectivity index (χ2v) is 9.64. The summed E-state index contributed by atoms with van der Waals surface area (Å²) in [6.45, 7) is -0.195. The number of carbonyl (C=O) groups is 1. The van der Waals surface area contributed by atoms with Crippen LogP contribution in [0.5, 0.6) is 0 Å². The maximum atomic E-state index is 13.3. The van der Waals surface area contributed by atoms with E-state index in [0.29, 0.717) is 43.9 Å². The summed E-state index contributed by atoms with van der Waals surface area (Å²) in [6.07, 6.45) is 2.29. The Morgan fingerprint density at radius 2 is 1.67 bits per heavy atom. The van der Waals surface area contributed by atoms with E-state index in [1.807, 2.05) is 0 Å². The maximum absolute atomic E-state index is 13.3. The molecule has 5 nitrogen and oxygen atoms in total. The Balaban J connectivity index is 1.47. The standard InChI is InChI=1S/C17H24F4O5S/c18-16(19,17(20,21)27(24)25)3-1-2-4-26-13(22)14-6-11-5-12(7-14)9-15(23,8-11)10-14/h11-12,23,27H,1-10H2. The average molecular weight is 416 g/mol. The minimum Gasteiger partial charge on any atom is -0.465 e. The van der Waals surface area contributed by atoms with Gasteiger partial charge in [0.2, 0.25) is 10.7 Å². The van der Waals surface area contributed by atoms with E-state index in [1.54, 1.807) is 0 Å². The third kappa shape index (κ3) is 3.83. The van der Waals surface area contributed by atoms with Crippen molar-refractivity contribution in [3.8, 4) is 0 Å². The van der Waals surface area contributed by atoms with Crippen LogP contribution < -0.4 is 0 Å². The summed E-state index contributed by atoms with van der Waals surface area (Å²) in [5.41, 5.74) is -1.55. The first-order valence-corrected chi connectivity index (χ1v) is 10.4. The fourth-order valence-electron chi connectivity index (χ4n) is 5.50. The molecule has 4 bridgehead atoms. The lowest BCUT2D eigenvalue weighted by Gasteiger charge is -2.58. The molecule has 0 aromatic heterocycles. The van der Waals surface area contributed by atoms with Crippen LogP contribution in [0.1, 0.15) is 57.8 Å². The van der Waals surface area contributed by atoms with Crippen molar-refractivity contribution in [3.05, 3.63) is 0 Å². The molecule has 156 valence electrons. The molecular weight excluding hydrogens is 392 g/mol. The van der Waals surface area contributed by atoms with Crippen LogP contribution in [0, 0.1) is 17.3 Å². The van der Waals surface area contributed by atoms with Crippen molar-refractivity contribution in [2.75, 3.05) is 6.61 Å². The predicted octanol–water partition coefficient (Wildman–Crippen LogP) is 2.87. The largest absolute Gasteiger partial charge is 0.465 e. The summed E-state index contributed by atoms with van der Waals surface area (Å²) in [7, 11) is -4.58. The van der Waals surface area contributed by atoms with Crippen molar-refractivity contribution in [1.29, 1.82) is 0 Å². The van der Waals surface area contributed by atoms with Gasteiger partial charge in [-0.2, -0.15) is 17.6 Å². The molecule has 2 atom stereocenters. The molecule has 1 N–H and O–H groups in total. The lowest BCUT2D eigenvalue weighted by molar-refractivity contribution is -0.196. The predicted molar refractivity (Wildman–Crippen MR) is 87.1 cm³/mol. The molecule has 0 radical (unpaired) electrons. The summed E-state index contributed by atoms with van der Waals surface area (Å²) < 4.78 is 78.4. The van der Waals surface area contributed by atoms with Gasteiger partial charge in [0.25, 0.3) is 0 Å². The second kappa shape index (κ2) is 6.86. The molecule has 0 aromatic rings. The summed E-state index contributed by atoms with van der Waals surface area (Å²) in [4.78, 5) is 12.6. The summed E-state index contributed by atoms with van der Waals surface area (Å²) in [6, 6.07) is 0. The van der Waals surface area contributed by atoms with E-state index in [2.05, 4.69) is 0 Å². The summed E-state index contributed by atoms with van der Waals surface area (Å²) in [5, 5.41) is 5.54. The SMILES string of the molecule is O=C(OCCCCC(F)(F)C(F)(F)[SH](=O)=O)C12CC3CC(CC(O)(C3)C1)C2. The number of halogens is 4. The van der Waals surface area contributed by atoms with Gasteiger partial charge in [-0.05, 0) is 63.2 Å². The van der Waals surface area contributed by atoms with Gasteiger partial charge in [0.05, 0.1) is 17.6 Å². The zero-order valence-electron chi connectivity index (χ0n) is 14.8. The number of unbranched alkanes of at least 4 members (excludes halogenated alkanes) is 1. The Morgan fingerprint density at radius 1 is 1.07 bits per heavy atom. The Bertz CT molecular complexity index is 656. The molecule has 0 saturated heterocycles. The van der Waals surface area contributed by atoms with Crippen molar-refractivity contribution < 1.29 is 40.6 Å². The molecular formula is C17H24F4O5S. The fraction of sp³-hybridized carbons (Fsp3) is 0.941. The van der Waals surface area contributed by atoms with Crippen molar-refractivity contribution in [2.24, 2.45) is 17.3 Å². The number of carbonyl (C=O) groups excluding carboxylic acids is 1. The van der Waals surface area contributed by atoms with Crippen molar-refractivity contribution in [2.45, 2.75) is 74.6 Å². The van der Waals surface area contributed by atoms with Gasteiger partial charge < -0.3 is 9.84 Å². The molecule has 4 fully saturated rings. The number of ether oxygens (including phenoxy) is 1. The Hall–Kier alpha value is -0.900. The highest BCUT2D eigenvalue weighted by Gasteiger charge is 2.61. The maximum Gasteiger partial charge on any atom is 0.404 e. The van der Waals surface area contributed by atoms with Gasteiger partial charge in [0.15, 0.2) is 0 Å². The quantitative estimate of drug-likeness (QED) is 0.275.